The van der Waals surface area contributed by atoms with Crippen molar-refractivity contribution < 1.29 is 18.7 Å². The van der Waals surface area contributed by atoms with Crippen LogP contribution in [0.3, 0.4) is 0 Å². The highest BCUT2D eigenvalue weighted by molar-refractivity contribution is 5.95. The molecule has 1 aliphatic rings. The summed E-state index contributed by atoms with van der Waals surface area (Å²) in [6.45, 7) is 1.16. The summed E-state index contributed by atoms with van der Waals surface area (Å²) in [5, 5.41) is 0. The van der Waals surface area contributed by atoms with Crippen LogP contribution in [-0.2, 0) is 6.61 Å². The normalized spacial score (nSPS) is 16.2. The lowest BCUT2D eigenvalue weighted by atomic mass is 10.1. The first-order valence-electron chi connectivity index (χ1n) is 9.45. The van der Waals surface area contributed by atoms with Crippen LogP contribution in [0.2, 0.25) is 0 Å². The molecule has 2 heterocycles. The van der Waals surface area contributed by atoms with Gasteiger partial charge in [-0.1, -0.05) is 30.3 Å². The summed E-state index contributed by atoms with van der Waals surface area (Å²) < 4.78 is 16.9. The highest BCUT2D eigenvalue weighted by Gasteiger charge is 2.32. The molecule has 5 nitrogen and oxygen atoms in total. The number of rotatable bonds is 6. The van der Waals surface area contributed by atoms with E-state index in [0.29, 0.717) is 23.7 Å². The van der Waals surface area contributed by atoms with E-state index in [0.717, 1.165) is 30.7 Å². The number of ether oxygens (including phenoxy) is 2. The molecule has 1 aliphatic heterocycles. The smallest absolute Gasteiger partial charge is 0.254 e. The van der Waals surface area contributed by atoms with Crippen molar-refractivity contribution in [1.29, 1.82) is 0 Å². The van der Waals surface area contributed by atoms with E-state index in [9.17, 15) is 4.79 Å². The third-order valence-electron chi connectivity index (χ3n) is 5.03. The van der Waals surface area contributed by atoms with Gasteiger partial charge in [-0.05, 0) is 48.7 Å². The molecular weight excluding hydrogens is 354 g/mol. The highest BCUT2D eigenvalue weighted by Crippen LogP contribution is 2.35. The van der Waals surface area contributed by atoms with Gasteiger partial charge in [0.1, 0.15) is 12.4 Å². The molecule has 1 aromatic heterocycles. The second-order valence-electron chi connectivity index (χ2n) is 6.81. The third kappa shape index (κ3) is 3.74. The second-order valence-corrected chi connectivity index (χ2v) is 6.81. The molecule has 2 aromatic carbocycles. The fourth-order valence-corrected chi connectivity index (χ4v) is 3.61. The molecule has 28 heavy (non-hydrogen) atoms. The maximum atomic E-state index is 13.1. The van der Waals surface area contributed by atoms with Gasteiger partial charge in [0.15, 0.2) is 11.5 Å². The quantitative estimate of drug-likeness (QED) is 0.616. The minimum absolute atomic E-state index is 0.0116. The first-order chi connectivity index (χ1) is 13.8. The molecule has 0 aliphatic carbocycles. The monoisotopic (exact) mass is 377 g/mol. The summed E-state index contributed by atoms with van der Waals surface area (Å²) in [5.41, 5.74) is 1.66. The van der Waals surface area contributed by atoms with Gasteiger partial charge in [0.05, 0.1) is 19.4 Å². The van der Waals surface area contributed by atoms with Crippen LogP contribution in [0.15, 0.2) is 71.3 Å². The van der Waals surface area contributed by atoms with E-state index in [1.54, 1.807) is 31.6 Å². The average Bonchev–Trinajstić information content (AvgIpc) is 3.44. The number of amides is 1. The van der Waals surface area contributed by atoms with E-state index in [-0.39, 0.29) is 11.9 Å². The van der Waals surface area contributed by atoms with Crippen molar-refractivity contribution in [3.05, 3.63) is 83.8 Å². The molecule has 4 rings (SSSR count). The van der Waals surface area contributed by atoms with Crippen LogP contribution < -0.4 is 9.47 Å². The van der Waals surface area contributed by atoms with E-state index < -0.39 is 0 Å². The van der Waals surface area contributed by atoms with E-state index >= 15 is 0 Å². The van der Waals surface area contributed by atoms with Crippen LogP contribution >= 0.6 is 0 Å². The molecule has 5 heteroatoms. The van der Waals surface area contributed by atoms with Crippen molar-refractivity contribution in [2.45, 2.75) is 25.5 Å². The Morgan fingerprint density at radius 3 is 2.71 bits per heavy atom. The topological polar surface area (TPSA) is 51.9 Å². The Bertz CT molecular complexity index is 921. The highest BCUT2D eigenvalue weighted by atomic mass is 16.5. The zero-order chi connectivity index (χ0) is 19.3. The molecule has 144 valence electrons. The standard InChI is InChI=1S/C23H23NO4/c1-26-22-15-18(11-12-21(22)28-16-17-7-3-2-4-8-17)23(25)24-13-5-9-19(24)20-10-6-14-27-20/h2-4,6-8,10-12,14-15,19H,5,9,13,16H2,1H3. The van der Waals surface area contributed by atoms with Crippen LogP contribution in [-0.4, -0.2) is 24.5 Å². The second kappa shape index (κ2) is 8.21. The van der Waals surface area contributed by atoms with Gasteiger partial charge in [-0.3, -0.25) is 4.79 Å². The Morgan fingerprint density at radius 1 is 1.11 bits per heavy atom. The van der Waals surface area contributed by atoms with Crippen molar-refractivity contribution in [2.24, 2.45) is 0 Å². The van der Waals surface area contributed by atoms with E-state index in [2.05, 4.69) is 0 Å². The van der Waals surface area contributed by atoms with Gasteiger partial charge in [-0.15, -0.1) is 0 Å². The number of likely N-dealkylation sites (tertiary alicyclic amines) is 1. The number of carbonyl (C=O) groups is 1. The predicted octanol–water partition coefficient (Wildman–Crippen LogP) is 4.84. The summed E-state index contributed by atoms with van der Waals surface area (Å²) in [6, 6.07) is 19.1. The molecule has 0 N–H and O–H groups in total. The van der Waals surface area contributed by atoms with Crippen LogP contribution in [0.25, 0.3) is 0 Å². The van der Waals surface area contributed by atoms with Crippen LogP contribution in [0, 0.1) is 0 Å². The zero-order valence-corrected chi connectivity index (χ0v) is 15.8. The van der Waals surface area contributed by atoms with Gasteiger partial charge >= 0.3 is 0 Å². The molecule has 1 amide bonds. The summed E-state index contributed by atoms with van der Waals surface area (Å²) in [4.78, 5) is 15.0. The lowest BCUT2D eigenvalue weighted by Gasteiger charge is -2.23. The Labute approximate surface area is 164 Å². The van der Waals surface area contributed by atoms with Gasteiger partial charge in [-0.2, -0.15) is 0 Å². The van der Waals surface area contributed by atoms with Gasteiger partial charge in [0, 0.05) is 12.1 Å². The summed E-state index contributed by atoms with van der Waals surface area (Å²) in [6.07, 6.45) is 3.53. The molecule has 0 saturated carbocycles. The average molecular weight is 377 g/mol. The fourth-order valence-electron chi connectivity index (χ4n) is 3.61. The predicted molar refractivity (Wildman–Crippen MR) is 105 cm³/mol. The molecule has 3 aromatic rings. The van der Waals surface area contributed by atoms with Crippen molar-refractivity contribution in [3.8, 4) is 11.5 Å². The Hall–Kier alpha value is -3.21. The molecule has 1 saturated heterocycles. The van der Waals surface area contributed by atoms with E-state index in [1.807, 2.05) is 47.4 Å². The van der Waals surface area contributed by atoms with Crippen LogP contribution in [0.4, 0.5) is 0 Å². The van der Waals surface area contributed by atoms with Crippen molar-refractivity contribution in [2.75, 3.05) is 13.7 Å². The van der Waals surface area contributed by atoms with Gasteiger partial charge in [-0.25, -0.2) is 0 Å². The van der Waals surface area contributed by atoms with Crippen molar-refractivity contribution in [1.82, 2.24) is 4.90 Å². The maximum Gasteiger partial charge on any atom is 0.254 e. The van der Waals surface area contributed by atoms with Gasteiger partial charge < -0.3 is 18.8 Å². The Kier molecular flexibility index (Phi) is 5.33. The number of furan rings is 1. The minimum atomic E-state index is -0.0215. The van der Waals surface area contributed by atoms with Crippen molar-refractivity contribution in [3.63, 3.8) is 0 Å². The molecule has 1 fully saturated rings. The number of methoxy groups -OCH3 is 1. The molecule has 0 radical (unpaired) electrons. The number of hydrogen-bond acceptors (Lipinski definition) is 4. The van der Waals surface area contributed by atoms with Gasteiger partial charge in [0.2, 0.25) is 0 Å². The third-order valence-corrected chi connectivity index (χ3v) is 5.03. The Morgan fingerprint density at radius 2 is 1.96 bits per heavy atom. The zero-order valence-electron chi connectivity index (χ0n) is 15.8. The first kappa shape index (κ1) is 18.2. The number of carbonyl (C=O) groups excluding carboxylic acids is 1. The largest absolute Gasteiger partial charge is 0.493 e. The fraction of sp³-hybridized carbons (Fsp3) is 0.261. The van der Waals surface area contributed by atoms with E-state index in [1.165, 1.54) is 0 Å². The Balaban J connectivity index is 1.51. The van der Waals surface area contributed by atoms with Crippen LogP contribution in [0.1, 0.15) is 40.6 Å². The van der Waals surface area contributed by atoms with Crippen LogP contribution in [0.5, 0.6) is 11.5 Å². The molecule has 0 spiro atoms. The summed E-state index contributed by atoms with van der Waals surface area (Å²) in [7, 11) is 1.58. The van der Waals surface area contributed by atoms with E-state index in [4.69, 9.17) is 13.9 Å². The number of benzene rings is 2. The molecular formula is C23H23NO4. The maximum absolute atomic E-state index is 13.1. The van der Waals surface area contributed by atoms with Crippen molar-refractivity contribution >= 4 is 5.91 Å². The number of hydrogen-bond donors (Lipinski definition) is 0. The molecule has 1 atom stereocenters. The lowest BCUT2D eigenvalue weighted by Crippen LogP contribution is -2.30. The SMILES string of the molecule is COc1cc(C(=O)N2CCCC2c2ccco2)ccc1OCc1ccccc1. The first-order valence-corrected chi connectivity index (χ1v) is 9.45. The molecule has 0 bridgehead atoms. The summed E-state index contributed by atoms with van der Waals surface area (Å²) >= 11 is 0. The minimum Gasteiger partial charge on any atom is -0.493 e. The molecule has 1 unspecified atom stereocenters. The van der Waals surface area contributed by atoms with Gasteiger partial charge in [0.25, 0.3) is 5.91 Å². The summed E-state index contributed by atoms with van der Waals surface area (Å²) in [5.74, 6) is 1.98. The number of nitrogens with zero attached hydrogens (tertiary/aromatic N) is 1. The lowest BCUT2D eigenvalue weighted by molar-refractivity contribution is 0.0719.